The Bertz CT molecular complexity index is 804. The van der Waals surface area contributed by atoms with Crippen molar-refractivity contribution in [1.82, 2.24) is 0 Å². The molecule has 2 aromatic rings. The van der Waals surface area contributed by atoms with Crippen molar-refractivity contribution in [3.63, 3.8) is 0 Å². The van der Waals surface area contributed by atoms with Gasteiger partial charge in [0.05, 0.1) is 9.37 Å². The van der Waals surface area contributed by atoms with Crippen LogP contribution in [0.15, 0.2) is 51.8 Å². The number of halogens is 1. The highest BCUT2D eigenvalue weighted by molar-refractivity contribution is 9.10. The highest BCUT2D eigenvalue weighted by atomic mass is 79.9. The minimum absolute atomic E-state index is 0.0156. The SMILES string of the molecule is NS(=O)(=O)c1ccc(Oc2ccccc2Br)c(C(=O)O)c1. The minimum Gasteiger partial charge on any atom is -0.478 e. The van der Waals surface area contributed by atoms with Gasteiger partial charge in [0.15, 0.2) is 0 Å². The number of aromatic carboxylic acids is 1. The van der Waals surface area contributed by atoms with Gasteiger partial charge in [-0.1, -0.05) is 12.1 Å². The number of ether oxygens (including phenoxy) is 1. The first-order valence-electron chi connectivity index (χ1n) is 5.61. The van der Waals surface area contributed by atoms with E-state index in [4.69, 9.17) is 9.88 Å². The normalized spacial score (nSPS) is 11.1. The Morgan fingerprint density at radius 2 is 1.81 bits per heavy atom. The van der Waals surface area contributed by atoms with E-state index in [2.05, 4.69) is 15.9 Å². The molecule has 0 aliphatic carbocycles. The van der Waals surface area contributed by atoms with Crippen LogP contribution in [0.3, 0.4) is 0 Å². The first kappa shape index (κ1) is 15.5. The molecule has 2 rings (SSSR count). The molecule has 0 aromatic heterocycles. The Morgan fingerprint density at radius 1 is 1.14 bits per heavy atom. The van der Waals surface area contributed by atoms with Gasteiger partial charge < -0.3 is 9.84 Å². The molecule has 0 heterocycles. The van der Waals surface area contributed by atoms with Crippen LogP contribution in [-0.4, -0.2) is 19.5 Å². The predicted octanol–water partition coefficient (Wildman–Crippen LogP) is 2.59. The lowest BCUT2D eigenvalue weighted by atomic mass is 10.2. The second-order valence-corrected chi connectivity index (χ2v) is 6.46. The molecular weight excluding hydrogens is 362 g/mol. The average Bonchev–Trinajstić information content (AvgIpc) is 2.40. The van der Waals surface area contributed by atoms with Gasteiger partial charge in [0.1, 0.15) is 17.1 Å². The lowest BCUT2D eigenvalue weighted by molar-refractivity contribution is 0.0694. The van der Waals surface area contributed by atoms with E-state index in [0.717, 1.165) is 6.07 Å². The molecule has 110 valence electrons. The third-order valence-corrected chi connectivity index (χ3v) is 4.13. The summed E-state index contributed by atoms with van der Waals surface area (Å²) >= 11 is 3.27. The third kappa shape index (κ3) is 3.60. The maximum Gasteiger partial charge on any atom is 0.339 e. The number of carboxylic acids is 1. The molecule has 0 saturated carbocycles. The first-order chi connectivity index (χ1) is 9.79. The molecule has 3 N–H and O–H groups in total. The summed E-state index contributed by atoms with van der Waals surface area (Å²) < 4.78 is 28.7. The molecule has 0 radical (unpaired) electrons. The van der Waals surface area contributed by atoms with Crippen LogP contribution in [0.1, 0.15) is 10.4 Å². The van der Waals surface area contributed by atoms with Crippen molar-refractivity contribution < 1.29 is 23.1 Å². The molecule has 0 aliphatic rings. The number of para-hydroxylation sites is 1. The molecule has 8 heteroatoms. The summed E-state index contributed by atoms with van der Waals surface area (Å²) in [5, 5.41) is 14.2. The molecule has 0 atom stereocenters. The largest absolute Gasteiger partial charge is 0.478 e. The van der Waals surface area contributed by atoms with Crippen LogP contribution in [0.25, 0.3) is 0 Å². The fourth-order valence-corrected chi connectivity index (χ4v) is 2.49. The van der Waals surface area contributed by atoms with Crippen molar-refractivity contribution in [1.29, 1.82) is 0 Å². The minimum atomic E-state index is -3.98. The second kappa shape index (κ2) is 5.84. The zero-order valence-corrected chi connectivity index (χ0v) is 12.9. The van der Waals surface area contributed by atoms with Crippen molar-refractivity contribution in [2.45, 2.75) is 4.90 Å². The van der Waals surface area contributed by atoms with Crippen molar-refractivity contribution in [3.05, 3.63) is 52.5 Å². The maximum atomic E-state index is 11.3. The zero-order chi connectivity index (χ0) is 15.6. The quantitative estimate of drug-likeness (QED) is 0.858. The van der Waals surface area contributed by atoms with Crippen molar-refractivity contribution in [2.24, 2.45) is 5.14 Å². The van der Waals surface area contributed by atoms with Gasteiger partial charge in [0, 0.05) is 0 Å². The average molecular weight is 372 g/mol. The fraction of sp³-hybridized carbons (Fsp3) is 0. The van der Waals surface area contributed by atoms with Gasteiger partial charge in [-0.2, -0.15) is 0 Å². The van der Waals surface area contributed by atoms with Gasteiger partial charge >= 0.3 is 5.97 Å². The predicted molar refractivity (Wildman–Crippen MR) is 79.0 cm³/mol. The molecule has 0 saturated heterocycles. The second-order valence-electron chi connectivity index (χ2n) is 4.04. The summed E-state index contributed by atoms with van der Waals surface area (Å²) in [7, 11) is -3.98. The summed E-state index contributed by atoms with van der Waals surface area (Å²) in [6.07, 6.45) is 0. The van der Waals surface area contributed by atoms with Crippen molar-refractivity contribution in [2.75, 3.05) is 0 Å². The van der Waals surface area contributed by atoms with Gasteiger partial charge in [-0.05, 0) is 46.3 Å². The summed E-state index contributed by atoms with van der Waals surface area (Å²) in [6, 6.07) is 10.3. The Labute approximate surface area is 129 Å². The van der Waals surface area contributed by atoms with Crippen LogP contribution in [0.2, 0.25) is 0 Å². The van der Waals surface area contributed by atoms with Gasteiger partial charge in [-0.3, -0.25) is 0 Å². The molecule has 0 amide bonds. The Balaban J connectivity index is 2.50. The van der Waals surface area contributed by atoms with Crippen LogP contribution in [0.5, 0.6) is 11.5 Å². The third-order valence-electron chi connectivity index (χ3n) is 2.57. The van der Waals surface area contributed by atoms with Crippen LogP contribution in [-0.2, 0) is 10.0 Å². The Morgan fingerprint density at radius 3 is 2.38 bits per heavy atom. The molecule has 0 fully saturated rings. The number of benzene rings is 2. The van der Waals surface area contributed by atoms with Crippen LogP contribution < -0.4 is 9.88 Å². The monoisotopic (exact) mass is 371 g/mol. The highest BCUT2D eigenvalue weighted by Crippen LogP contribution is 2.32. The van der Waals surface area contributed by atoms with Gasteiger partial charge in [0.2, 0.25) is 10.0 Å². The molecule has 0 bridgehead atoms. The number of nitrogens with two attached hydrogens (primary N) is 1. The lowest BCUT2D eigenvalue weighted by Crippen LogP contribution is -2.13. The molecule has 0 unspecified atom stereocenters. The molecule has 0 spiro atoms. The van der Waals surface area contributed by atoms with E-state index in [9.17, 15) is 18.3 Å². The molecule has 2 aromatic carbocycles. The van der Waals surface area contributed by atoms with E-state index in [1.54, 1.807) is 24.3 Å². The number of sulfonamides is 1. The van der Waals surface area contributed by atoms with E-state index in [1.807, 2.05) is 0 Å². The molecule has 21 heavy (non-hydrogen) atoms. The summed E-state index contributed by atoms with van der Waals surface area (Å²) in [6.45, 7) is 0. The van der Waals surface area contributed by atoms with Gasteiger partial charge in [0.25, 0.3) is 0 Å². The number of hydrogen-bond donors (Lipinski definition) is 2. The van der Waals surface area contributed by atoms with Crippen molar-refractivity contribution in [3.8, 4) is 11.5 Å². The fourth-order valence-electron chi connectivity index (χ4n) is 1.59. The molecule has 0 aliphatic heterocycles. The number of carboxylic acid groups (broad SMARTS) is 1. The van der Waals surface area contributed by atoms with E-state index in [-0.39, 0.29) is 16.2 Å². The molecular formula is C13H10BrNO5S. The Kier molecular flexibility index (Phi) is 4.31. The number of rotatable bonds is 4. The first-order valence-corrected chi connectivity index (χ1v) is 7.95. The topological polar surface area (TPSA) is 107 Å². The zero-order valence-electron chi connectivity index (χ0n) is 10.5. The van der Waals surface area contributed by atoms with Gasteiger partial charge in [-0.25, -0.2) is 18.4 Å². The van der Waals surface area contributed by atoms with Crippen LogP contribution in [0, 0.1) is 0 Å². The van der Waals surface area contributed by atoms with E-state index in [1.165, 1.54) is 12.1 Å². The Hall–Kier alpha value is -1.90. The number of primary sulfonamides is 1. The summed E-state index contributed by atoms with van der Waals surface area (Å²) in [4.78, 5) is 11.0. The maximum absolute atomic E-state index is 11.3. The van der Waals surface area contributed by atoms with Crippen molar-refractivity contribution >= 4 is 31.9 Å². The van der Waals surface area contributed by atoms with E-state index >= 15 is 0 Å². The summed E-state index contributed by atoms with van der Waals surface area (Å²) in [5.74, 6) is -0.896. The number of hydrogen-bond acceptors (Lipinski definition) is 4. The summed E-state index contributed by atoms with van der Waals surface area (Å²) in [5.41, 5.74) is -0.294. The lowest BCUT2D eigenvalue weighted by Gasteiger charge is -2.11. The van der Waals surface area contributed by atoms with Crippen LogP contribution in [0.4, 0.5) is 0 Å². The van der Waals surface area contributed by atoms with E-state index in [0.29, 0.717) is 10.2 Å². The van der Waals surface area contributed by atoms with E-state index < -0.39 is 16.0 Å². The standard InChI is InChI=1S/C13H10BrNO5S/c14-10-3-1-2-4-12(10)20-11-6-5-8(21(15,18)19)7-9(11)13(16)17/h1-7H,(H,16,17)(H2,15,18,19). The smallest absolute Gasteiger partial charge is 0.339 e. The molecule has 6 nitrogen and oxygen atoms in total. The van der Waals surface area contributed by atoms with Crippen LogP contribution >= 0.6 is 15.9 Å². The van der Waals surface area contributed by atoms with Gasteiger partial charge in [-0.15, -0.1) is 0 Å². The highest BCUT2D eigenvalue weighted by Gasteiger charge is 2.18. The number of carbonyl (C=O) groups is 1.